The highest BCUT2D eigenvalue weighted by Gasteiger charge is 2.20. The molecule has 96 valence electrons. The highest BCUT2D eigenvalue weighted by molar-refractivity contribution is 5.86. The maximum atomic E-state index is 11.4. The number of phenols is 1. The predicted molar refractivity (Wildman–Crippen MR) is 67.0 cm³/mol. The molecular weight excluding hydrogens is 232 g/mol. The molecule has 0 aliphatic carbocycles. The smallest absolute Gasteiger partial charge is 0.364 e. The van der Waals surface area contributed by atoms with Crippen molar-refractivity contribution in [3.63, 3.8) is 0 Å². The lowest BCUT2D eigenvalue weighted by molar-refractivity contribution is -0.407. The lowest BCUT2D eigenvalue weighted by Gasteiger charge is -2.05. The van der Waals surface area contributed by atoms with Gasteiger partial charge in [0, 0.05) is 30.6 Å². The number of aromatic hydroxyl groups is 1. The Balaban J connectivity index is 2.39. The second kappa shape index (κ2) is 4.70. The Kier molecular flexibility index (Phi) is 3.25. The monoisotopic (exact) mass is 249 g/mol. The molecule has 0 spiro atoms. The molecule has 0 radical (unpaired) electrons. The minimum Gasteiger partial charge on any atom is -0.508 e. The van der Waals surface area contributed by atoms with Crippen molar-refractivity contribution < 1.29 is 20.4 Å². The molecule has 0 saturated heterocycles. The molecule has 1 atom stereocenters. The number of hydrogen-bond donors (Lipinski definition) is 2. The second-order valence-electron chi connectivity index (χ2n) is 4.39. The zero-order chi connectivity index (χ0) is 13.3. The molecule has 0 aliphatic heterocycles. The van der Waals surface area contributed by atoms with Crippen molar-refractivity contribution in [3.05, 3.63) is 30.0 Å². The molecule has 0 saturated carbocycles. The Labute approximate surface area is 105 Å². The van der Waals surface area contributed by atoms with Gasteiger partial charge in [-0.25, -0.2) is 4.79 Å². The quantitative estimate of drug-likeness (QED) is 0.763. The Morgan fingerprint density at radius 2 is 2.28 bits per heavy atom. The largest absolute Gasteiger partial charge is 0.508 e. The van der Waals surface area contributed by atoms with Gasteiger partial charge in [-0.05, 0) is 23.8 Å². The summed E-state index contributed by atoms with van der Waals surface area (Å²) in [7, 11) is 3.29. The number of hydrogen-bond acceptors (Lipinski definition) is 3. The van der Waals surface area contributed by atoms with Crippen LogP contribution in [0.25, 0.3) is 10.9 Å². The number of nitrogens with zero attached hydrogens (tertiary/aromatic N) is 1. The van der Waals surface area contributed by atoms with Gasteiger partial charge >= 0.3 is 5.97 Å². The molecule has 1 unspecified atom stereocenters. The summed E-state index contributed by atoms with van der Waals surface area (Å²) in [5.74, 6) is -0.110. The van der Waals surface area contributed by atoms with Gasteiger partial charge in [0.05, 0.1) is 7.11 Å². The summed E-state index contributed by atoms with van der Waals surface area (Å²) in [6, 6.07) is 4.76. The number of methoxy groups -OCH3 is 1. The molecule has 0 fully saturated rings. The van der Waals surface area contributed by atoms with Gasteiger partial charge in [-0.3, -0.25) is 0 Å². The third kappa shape index (κ3) is 2.17. The zero-order valence-electron chi connectivity index (χ0n) is 10.5. The number of carbonyl (C=O) groups excluding carboxylic acids is 1. The molecule has 0 bridgehead atoms. The number of phenolic OH excluding ortho intramolecular Hbond substituents is 1. The topological polar surface area (TPSA) is 79.1 Å². The maximum absolute atomic E-state index is 11.4. The van der Waals surface area contributed by atoms with Crippen molar-refractivity contribution in [2.45, 2.75) is 12.5 Å². The highest BCUT2D eigenvalue weighted by atomic mass is 16.5. The van der Waals surface area contributed by atoms with Gasteiger partial charge in [0.1, 0.15) is 5.75 Å². The number of benzene rings is 1. The standard InChI is InChI=1S/C13H16N2O3/c1-15-7-8(5-11(14)13(17)18-2)10-6-9(16)3-4-12(10)15/h3-4,6-7,11,16H,5,14H2,1-2H3/p+1. The SMILES string of the molecule is COC(=O)C([NH3+])Cc1cn(C)c2ccc(O)cc12. The van der Waals surface area contributed by atoms with Crippen LogP contribution in [0.5, 0.6) is 5.75 Å². The third-order valence-corrected chi connectivity index (χ3v) is 3.06. The van der Waals surface area contributed by atoms with Crippen molar-refractivity contribution >= 4 is 16.9 Å². The molecule has 18 heavy (non-hydrogen) atoms. The number of quaternary nitrogens is 1. The minimum absolute atomic E-state index is 0.216. The van der Waals surface area contributed by atoms with Crippen LogP contribution < -0.4 is 5.73 Å². The summed E-state index contributed by atoms with van der Waals surface area (Å²) in [5.41, 5.74) is 5.79. The summed E-state index contributed by atoms with van der Waals surface area (Å²) in [6.45, 7) is 0. The summed E-state index contributed by atoms with van der Waals surface area (Å²) in [4.78, 5) is 11.4. The number of carbonyl (C=O) groups is 1. The predicted octanol–water partition coefficient (Wildman–Crippen LogP) is 0.210. The molecule has 0 aliphatic rings. The average Bonchev–Trinajstić information content (AvgIpc) is 2.64. The van der Waals surface area contributed by atoms with Gasteiger partial charge in [-0.2, -0.15) is 0 Å². The first-order chi connectivity index (χ1) is 8.52. The fourth-order valence-electron chi connectivity index (χ4n) is 2.14. The van der Waals surface area contributed by atoms with Crippen LogP contribution in [0.1, 0.15) is 5.56 Å². The molecule has 1 heterocycles. The first-order valence-corrected chi connectivity index (χ1v) is 5.70. The molecule has 2 aromatic rings. The summed E-state index contributed by atoms with van der Waals surface area (Å²) in [5, 5.41) is 10.5. The molecular formula is C13H17N2O3+. The van der Waals surface area contributed by atoms with Crippen LogP contribution in [0, 0.1) is 0 Å². The number of fused-ring (bicyclic) bond motifs is 1. The zero-order valence-corrected chi connectivity index (χ0v) is 10.5. The second-order valence-corrected chi connectivity index (χ2v) is 4.39. The van der Waals surface area contributed by atoms with Crippen molar-refractivity contribution in [2.24, 2.45) is 7.05 Å². The van der Waals surface area contributed by atoms with E-state index in [0.717, 1.165) is 16.5 Å². The van der Waals surface area contributed by atoms with E-state index in [9.17, 15) is 9.90 Å². The fraction of sp³-hybridized carbons (Fsp3) is 0.308. The molecule has 0 amide bonds. The van der Waals surface area contributed by atoms with Gasteiger partial charge < -0.3 is 20.1 Å². The molecule has 5 nitrogen and oxygen atoms in total. The number of ether oxygens (including phenoxy) is 1. The van der Waals surface area contributed by atoms with Crippen LogP contribution in [0.4, 0.5) is 0 Å². The Hall–Kier alpha value is -2.01. The Bertz CT molecular complexity index is 589. The van der Waals surface area contributed by atoms with E-state index >= 15 is 0 Å². The summed E-state index contributed by atoms with van der Waals surface area (Å²) < 4.78 is 6.64. The van der Waals surface area contributed by atoms with Crippen LogP contribution in [-0.2, 0) is 23.0 Å². The van der Waals surface area contributed by atoms with E-state index in [0.29, 0.717) is 6.42 Å². The van der Waals surface area contributed by atoms with Crippen molar-refractivity contribution in [3.8, 4) is 5.75 Å². The summed E-state index contributed by atoms with van der Waals surface area (Å²) in [6.07, 6.45) is 2.44. The third-order valence-electron chi connectivity index (χ3n) is 3.06. The first-order valence-electron chi connectivity index (χ1n) is 5.70. The van der Waals surface area contributed by atoms with Gasteiger partial charge in [-0.1, -0.05) is 0 Å². The van der Waals surface area contributed by atoms with Gasteiger partial charge in [-0.15, -0.1) is 0 Å². The van der Waals surface area contributed by atoms with Crippen LogP contribution in [0.3, 0.4) is 0 Å². The molecule has 1 aromatic heterocycles. The van der Waals surface area contributed by atoms with Crippen molar-refractivity contribution in [1.82, 2.24) is 4.57 Å². The fourth-order valence-corrected chi connectivity index (χ4v) is 2.14. The molecule has 2 rings (SSSR count). The minimum atomic E-state index is -0.442. The van der Waals surface area contributed by atoms with Gasteiger partial charge in [0.25, 0.3) is 0 Å². The maximum Gasteiger partial charge on any atom is 0.364 e. The highest BCUT2D eigenvalue weighted by Crippen LogP contribution is 2.25. The lowest BCUT2D eigenvalue weighted by atomic mass is 10.1. The van der Waals surface area contributed by atoms with E-state index in [1.807, 2.05) is 23.9 Å². The van der Waals surface area contributed by atoms with Crippen LogP contribution in [-0.4, -0.2) is 28.8 Å². The van der Waals surface area contributed by atoms with Crippen molar-refractivity contribution in [2.75, 3.05) is 7.11 Å². The number of esters is 1. The van der Waals surface area contributed by atoms with E-state index < -0.39 is 6.04 Å². The Morgan fingerprint density at radius 3 is 2.94 bits per heavy atom. The normalized spacial score (nSPS) is 12.6. The molecule has 5 heteroatoms. The van der Waals surface area contributed by atoms with E-state index in [1.54, 1.807) is 12.1 Å². The summed E-state index contributed by atoms with van der Waals surface area (Å²) >= 11 is 0. The van der Waals surface area contributed by atoms with Crippen molar-refractivity contribution in [1.29, 1.82) is 0 Å². The number of rotatable bonds is 3. The van der Waals surface area contributed by atoms with Crippen LogP contribution >= 0.6 is 0 Å². The lowest BCUT2D eigenvalue weighted by Crippen LogP contribution is -2.66. The number of aromatic nitrogens is 1. The van der Waals surface area contributed by atoms with E-state index in [1.165, 1.54) is 7.11 Å². The van der Waals surface area contributed by atoms with E-state index in [4.69, 9.17) is 0 Å². The van der Waals surface area contributed by atoms with Gasteiger partial charge in [0.2, 0.25) is 0 Å². The number of aryl methyl sites for hydroxylation is 1. The van der Waals surface area contributed by atoms with E-state index in [2.05, 4.69) is 10.5 Å². The molecule has 4 N–H and O–H groups in total. The van der Waals surface area contributed by atoms with Gasteiger partial charge in [0.15, 0.2) is 6.04 Å². The van der Waals surface area contributed by atoms with E-state index in [-0.39, 0.29) is 11.7 Å². The van der Waals surface area contributed by atoms with Crippen LogP contribution in [0.2, 0.25) is 0 Å². The van der Waals surface area contributed by atoms with Crippen LogP contribution in [0.15, 0.2) is 24.4 Å². The first kappa shape index (κ1) is 12.4. The Morgan fingerprint density at radius 1 is 1.56 bits per heavy atom. The average molecular weight is 249 g/mol. The molecule has 1 aromatic carbocycles.